The predicted molar refractivity (Wildman–Crippen MR) is 77.5 cm³/mol. The third-order valence-corrected chi connectivity index (χ3v) is 3.16. The van der Waals surface area contributed by atoms with Crippen LogP contribution in [0.25, 0.3) is 0 Å². The summed E-state index contributed by atoms with van der Waals surface area (Å²) in [6, 6.07) is 0. The Morgan fingerprint density at radius 2 is 1.67 bits per heavy atom. The van der Waals surface area contributed by atoms with E-state index in [1.54, 1.807) is 6.08 Å². The second-order valence-electron chi connectivity index (χ2n) is 5.07. The van der Waals surface area contributed by atoms with Crippen molar-refractivity contribution in [3.05, 3.63) is 12.7 Å². The fraction of sp³-hybridized carbons (Fsp3) is 0.812. The Bertz CT molecular complexity index is 211. The molecule has 18 heavy (non-hydrogen) atoms. The highest BCUT2D eigenvalue weighted by Crippen LogP contribution is 2.09. The van der Waals surface area contributed by atoms with Crippen LogP contribution in [0.15, 0.2) is 12.7 Å². The van der Waals surface area contributed by atoms with Gasteiger partial charge in [0.15, 0.2) is 0 Å². The SMILES string of the molecule is C=CCC(C)C(=O)OCCCCCCCCCC. The molecule has 0 aromatic rings. The fourth-order valence-electron chi connectivity index (χ4n) is 1.90. The number of rotatable bonds is 12. The summed E-state index contributed by atoms with van der Waals surface area (Å²) in [4.78, 5) is 11.5. The number of carbonyl (C=O) groups is 1. The summed E-state index contributed by atoms with van der Waals surface area (Å²) < 4.78 is 5.21. The maximum absolute atomic E-state index is 11.5. The minimum atomic E-state index is -0.0853. The molecule has 1 atom stereocenters. The zero-order chi connectivity index (χ0) is 13.6. The third-order valence-electron chi connectivity index (χ3n) is 3.16. The van der Waals surface area contributed by atoms with Crippen LogP contribution in [-0.4, -0.2) is 12.6 Å². The van der Waals surface area contributed by atoms with E-state index in [1.807, 2.05) is 6.92 Å². The van der Waals surface area contributed by atoms with Crippen molar-refractivity contribution in [1.29, 1.82) is 0 Å². The van der Waals surface area contributed by atoms with Crippen molar-refractivity contribution >= 4 is 5.97 Å². The van der Waals surface area contributed by atoms with E-state index < -0.39 is 0 Å². The first kappa shape index (κ1) is 17.2. The maximum atomic E-state index is 11.5. The predicted octanol–water partition coefficient (Wildman–Crippen LogP) is 4.88. The molecule has 106 valence electrons. The molecule has 0 fully saturated rings. The Hall–Kier alpha value is -0.790. The molecule has 0 aliphatic rings. The molecule has 0 N–H and O–H groups in total. The molecule has 0 spiro atoms. The van der Waals surface area contributed by atoms with Crippen LogP contribution >= 0.6 is 0 Å². The van der Waals surface area contributed by atoms with Crippen LogP contribution in [0.4, 0.5) is 0 Å². The Morgan fingerprint density at radius 1 is 1.11 bits per heavy atom. The van der Waals surface area contributed by atoms with Crippen LogP contribution < -0.4 is 0 Å². The molecule has 0 aliphatic carbocycles. The minimum Gasteiger partial charge on any atom is -0.465 e. The molecule has 0 aromatic heterocycles. The van der Waals surface area contributed by atoms with Gasteiger partial charge in [-0.3, -0.25) is 4.79 Å². The van der Waals surface area contributed by atoms with E-state index in [2.05, 4.69) is 13.5 Å². The number of ether oxygens (including phenoxy) is 1. The summed E-state index contributed by atoms with van der Waals surface area (Å²) in [6.45, 7) is 8.33. The van der Waals surface area contributed by atoms with Gasteiger partial charge < -0.3 is 4.74 Å². The van der Waals surface area contributed by atoms with Gasteiger partial charge in [-0.05, 0) is 12.8 Å². The summed E-state index contributed by atoms with van der Waals surface area (Å²) >= 11 is 0. The van der Waals surface area contributed by atoms with Crippen LogP contribution in [-0.2, 0) is 9.53 Å². The van der Waals surface area contributed by atoms with E-state index >= 15 is 0 Å². The Morgan fingerprint density at radius 3 is 2.22 bits per heavy atom. The fourth-order valence-corrected chi connectivity index (χ4v) is 1.90. The van der Waals surface area contributed by atoms with E-state index in [0.29, 0.717) is 13.0 Å². The normalized spacial score (nSPS) is 12.1. The average molecular weight is 254 g/mol. The second-order valence-corrected chi connectivity index (χ2v) is 5.07. The van der Waals surface area contributed by atoms with Gasteiger partial charge in [0.25, 0.3) is 0 Å². The molecule has 0 saturated heterocycles. The minimum absolute atomic E-state index is 0.0449. The van der Waals surface area contributed by atoms with Crippen molar-refractivity contribution in [2.75, 3.05) is 6.61 Å². The highest BCUT2D eigenvalue weighted by molar-refractivity contribution is 5.72. The quantitative estimate of drug-likeness (QED) is 0.282. The van der Waals surface area contributed by atoms with Crippen LogP contribution in [0, 0.1) is 5.92 Å². The lowest BCUT2D eigenvalue weighted by molar-refractivity contribution is -0.147. The summed E-state index contributed by atoms with van der Waals surface area (Å²) in [5.41, 5.74) is 0. The van der Waals surface area contributed by atoms with Crippen LogP contribution in [0.1, 0.15) is 71.6 Å². The maximum Gasteiger partial charge on any atom is 0.308 e. The van der Waals surface area contributed by atoms with Crippen molar-refractivity contribution in [3.63, 3.8) is 0 Å². The van der Waals surface area contributed by atoms with Crippen molar-refractivity contribution < 1.29 is 9.53 Å². The van der Waals surface area contributed by atoms with Crippen molar-refractivity contribution in [1.82, 2.24) is 0 Å². The van der Waals surface area contributed by atoms with E-state index in [0.717, 1.165) is 6.42 Å². The zero-order valence-corrected chi connectivity index (χ0v) is 12.2. The van der Waals surface area contributed by atoms with Crippen molar-refractivity contribution in [2.45, 2.75) is 71.6 Å². The van der Waals surface area contributed by atoms with Crippen LogP contribution in [0.3, 0.4) is 0 Å². The molecular weight excluding hydrogens is 224 g/mol. The molecule has 0 radical (unpaired) electrons. The van der Waals surface area contributed by atoms with Gasteiger partial charge >= 0.3 is 5.97 Å². The number of hydrogen-bond acceptors (Lipinski definition) is 2. The summed E-state index contributed by atoms with van der Waals surface area (Å²) in [5.74, 6) is -0.130. The van der Waals surface area contributed by atoms with Gasteiger partial charge in [-0.1, -0.05) is 64.9 Å². The first-order chi connectivity index (χ1) is 8.72. The standard InChI is InChI=1S/C16H30O2/c1-4-6-7-8-9-10-11-12-14-18-16(17)15(3)13-5-2/h5,15H,2,4,6-14H2,1,3H3. The van der Waals surface area contributed by atoms with Gasteiger partial charge in [0.2, 0.25) is 0 Å². The molecule has 2 nitrogen and oxygen atoms in total. The summed E-state index contributed by atoms with van der Waals surface area (Å²) in [6.07, 6.45) is 12.6. The summed E-state index contributed by atoms with van der Waals surface area (Å²) in [5, 5.41) is 0. The lowest BCUT2D eigenvalue weighted by Gasteiger charge is -2.09. The van der Waals surface area contributed by atoms with E-state index in [9.17, 15) is 4.79 Å². The van der Waals surface area contributed by atoms with Crippen LogP contribution in [0.5, 0.6) is 0 Å². The first-order valence-electron chi connectivity index (χ1n) is 7.49. The molecular formula is C16H30O2. The molecule has 0 aromatic carbocycles. The molecule has 0 bridgehead atoms. The van der Waals surface area contributed by atoms with E-state index in [1.165, 1.54) is 44.9 Å². The number of hydrogen-bond donors (Lipinski definition) is 0. The largest absolute Gasteiger partial charge is 0.465 e. The van der Waals surface area contributed by atoms with E-state index in [4.69, 9.17) is 4.74 Å². The van der Waals surface area contributed by atoms with Gasteiger partial charge in [0.05, 0.1) is 12.5 Å². The lowest BCUT2D eigenvalue weighted by Crippen LogP contribution is -2.14. The van der Waals surface area contributed by atoms with Gasteiger partial charge in [-0.2, -0.15) is 0 Å². The summed E-state index contributed by atoms with van der Waals surface area (Å²) in [7, 11) is 0. The number of allylic oxidation sites excluding steroid dienone is 1. The molecule has 1 unspecified atom stereocenters. The average Bonchev–Trinajstić information content (AvgIpc) is 2.36. The lowest BCUT2D eigenvalue weighted by atomic mass is 10.1. The first-order valence-corrected chi connectivity index (χ1v) is 7.49. The van der Waals surface area contributed by atoms with Crippen molar-refractivity contribution in [3.8, 4) is 0 Å². The smallest absolute Gasteiger partial charge is 0.308 e. The van der Waals surface area contributed by atoms with Gasteiger partial charge in [0, 0.05) is 0 Å². The van der Waals surface area contributed by atoms with Gasteiger partial charge in [-0.25, -0.2) is 0 Å². The molecule has 0 aliphatic heterocycles. The van der Waals surface area contributed by atoms with Crippen molar-refractivity contribution in [2.24, 2.45) is 5.92 Å². The molecule has 2 heteroatoms. The third kappa shape index (κ3) is 10.4. The second kappa shape index (κ2) is 12.7. The molecule has 0 amide bonds. The van der Waals surface area contributed by atoms with Gasteiger partial charge in [0.1, 0.15) is 0 Å². The number of unbranched alkanes of at least 4 members (excludes halogenated alkanes) is 7. The number of carbonyl (C=O) groups excluding carboxylic acids is 1. The zero-order valence-electron chi connectivity index (χ0n) is 12.2. The highest BCUT2D eigenvalue weighted by atomic mass is 16.5. The monoisotopic (exact) mass is 254 g/mol. The molecule has 0 heterocycles. The Kier molecular flexibility index (Phi) is 12.1. The molecule has 0 saturated carbocycles. The Balaban J connectivity index is 3.24. The van der Waals surface area contributed by atoms with Crippen LogP contribution in [0.2, 0.25) is 0 Å². The highest BCUT2D eigenvalue weighted by Gasteiger charge is 2.11. The number of esters is 1. The Labute approximate surface area is 113 Å². The topological polar surface area (TPSA) is 26.3 Å². The molecule has 0 rings (SSSR count). The van der Waals surface area contributed by atoms with Gasteiger partial charge in [-0.15, -0.1) is 6.58 Å². The van der Waals surface area contributed by atoms with E-state index in [-0.39, 0.29) is 11.9 Å².